The van der Waals surface area contributed by atoms with Crippen LogP contribution in [0.25, 0.3) is 23.3 Å². The minimum absolute atomic E-state index is 0.0938. The van der Waals surface area contributed by atoms with Crippen LogP contribution in [0, 0.1) is 17.7 Å². The average molecular weight is 382 g/mol. The standard InChI is InChI=1S/C27H23FO/c1-2-17-15-20-10-14-23-22-6-4-3-5-18(22)9-13-24(23)25(20)16-26(17)27(29)19-7-11-21(28)12-8-19/h3-8,10-14,16-17,26H,2,9,15H2,1H3. The van der Waals surface area contributed by atoms with Gasteiger partial charge in [0.25, 0.3) is 0 Å². The molecule has 2 heteroatoms. The summed E-state index contributed by atoms with van der Waals surface area (Å²) < 4.78 is 13.3. The zero-order valence-electron chi connectivity index (χ0n) is 16.5. The van der Waals surface area contributed by atoms with Crippen LogP contribution in [-0.4, -0.2) is 5.78 Å². The molecule has 2 aliphatic rings. The molecule has 0 N–H and O–H groups in total. The first-order chi connectivity index (χ1) is 14.2. The van der Waals surface area contributed by atoms with E-state index in [9.17, 15) is 9.18 Å². The fourth-order valence-electron chi connectivity index (χ4n) is 4.90. The predicted octanol–water partition coefficient (Wildman–Crippen LogP) is 4.69. The molecule has 0 amide bonds. The van der Waals surface area contributed by atoms with Crippen molar-refractivity contribution in [3.63, 3.8) is 0 Å². The van der Waals surface area contributed by atoms with E-state index in [-0.39, 0.29) is 23.4 Å². The second kappa shape index (κ2) is 7.11. The van der Waals surface area contributed by atoms with E-state index in [4.69, 9.17) is 0 Å². The zero-order chi connectivity index (χ0) is 20.0. The van der Waals surface area contributed by atoms with Gasteiger partial charge < -0.3 is 0 Å². The van der Waals surface area contributed by atoms with Crippen LogP contribution in [0.1, 0.15) is 34.8 Å². The Morgan fingerprint density at radius 1 is 0.931 bits per heavy atom. The summed E-state index contributed by atoms with van der Waals surface area (Å²) in [6, 6.07) is 19.0. The van der Waals surface area contributed by atoms with Crippen molar-refractivity contribution in [1.82, 2.24) is 0 Å². The summed E-state index contributed by atoms with van der Waals surface area (Å²) in [7, 11) is 0. The monoisotopic (exact) mass is 382 g/mol. The van der Waals surface area contributed by atoms with E-state index in [1.807, 2.05) is 0 Å². The van der Waals surface area contributed by atoms with E-state index < -0.39 is 0 Å². The molecule has 1 nitrogen and oxygen atoms in total. The second-order valence-electron chi connectivity index (χ2n) is 8.10. The number of fused-ring (bicyclic) bond motifs is 5. The average Bonchev–Trinajstić information content (AvgIpc) is 2.77. The maximum atomic E-state index is 13.3. The van der Waals surface area contributed by atoms with Gasteiger partial charge in [-0.05, 0) is 75.7 Å². The molecule has 5 rings (SSSR count). The molecule has 0 spiro atoms. The van der Waals surface area contributed by atoms with Gasteiger partial charge >= 0.3 is 0 Å². The number of ketones is 1. The number of carbonyl (C=O) groups excluding carboxylic acids is 1. The van der Waals surface area contributed by atoms with E-state index >= 15 is 0 Å². The minimum atomic E-state index is -0.311. The Hall–Kier alpha value is -3.00. The first-order valence-electron chi connectivity index (χ1n) is 10.4. The summed E-state index contributed by atoms with van der Waals surface area (Å²) in [5, 5.41) is 2.47. The highest BCUT2D eigenvalue weighted by atomic mass is 19.1. The number of hydrogen-bond donors (Lipinski definition) is 0. The van der Waals surface area contributed by atoms with Gasteiger partial charge in [0.05, 0.1) is 0 Å². The fraction of sp³-hybridized carbons (Fsp3) is 0.222. The highest BCUT2D eigenvalue weighted by Crippen LogP contribution is 2.30. The highest BCUT2D eigenvalue weighted by molar-refractivity contribution is 6.01. The number of hydrogen-bond acceptors (Lipinski definition) is 1. The van der Waals surface area contributed by atoms with Crippen molar-refractivity contribution < 1.29 is 9.18 Å². The molecule has 0 fully saturated rings. The molecular formula is C27H23FO. The molecule has 2 unspecified atom stereocenters. The molecule has 0 saturated heterocycles. The topological polar surface area (TPSA) is 17.1 Å². The maximum absolute atomic E-state index is 13.3. The van der Waals surface area contributed by atoms with E-state index in [0.29, 0.717) is 5.56 Å². The van der Waals surface area contributed by atoms with Gasteiger partial charge in [0.2, 0.25) is 0 Å². The summed E-state index contributed by atoms with van der Waals surface area (Å²) in [6.45, 7) is 2.15. The summed E-state index contributed by atoms with van der Waals surface area (Å²) in [5.74, 6) is -0.116. The van der Waals surface area contributed by atoms with Gasteiger partial charge in [-0.2, -0.15) is 0 Å². The van der Waals surface area contributed by atoms with E-state index in [0.717, 1.165) is 19.3 Å². The molecular weight excluding hydrogens is 359 g/mol. The number of benzene rings is 3. The smallest absolute Gasteiger partial charge is 0.170 e. The summed E-state index contributed by atoms with van der Waals surface area (Å²) in [6.07, 6.45) is 7.25. The van der Waals surface area contributed by atoms with Crippen molar-refractivity contribution in [2.24, 2.45) is 11.8 Å². The molecule has 0 aromatic heterocycles. The van der Waals surface area contributed by atoms with Gasteiger partial charge in [-0.1, -0.05) is 61.9 Å². The minimum Gasteiger partial charge on any atom is -0.294 e. The molecule has 0 saturated carbocycles. The van der Waals surface area contributed by atoms with Crippen molar-refractivity contribution in [1.29, 1.82) is 0 Å². The lowest BCUT2D eigenvalue weighted by Gasteiger charge is -2.28. The van der Waals surface area contributed by atoms with Crippen LogP contribution in [-0.2, 0) is 12.8 Å². The number of Topliss-reactive ketones (excluding diaryl/α,β-unsaturated/α-hetero) is 1. The maximum Gasteiger partial charge on any atom is 0.170 e. The Bertz CT molecular complexity index is 1220. The van der Waals surface area contributed by atoms with Crippen LogP contribution < -0.4 is 10.4 Å². The second-order valence-corrected chi connectivity index (χ2v) is 8.10. The Balaban J connectivity index is 1.66. The van der Waals surface area contributed by atoms with Crippen molar-refractivity contribution in [3.05, 3.63) is 93.6 Å². The predicted molar refractivity (Wildman–Crippen MR) is 115 cm³/mol. The lowest BCUT2D eigenvalue weighted by molar-refractivity contribution is 0.0914. The van der Waals surface area contributed by atoms with Crippen LogP contribution >= 0.6 is 0 Å². The Morgan fingerprint density at radius 3 is 2.52 bits per heavy atom. The third-order valence-corrected chi connectivity index (χ3v) is 6.50. The normalized spacial score (nSPS) is 19.2. The lowest BCUT2D eigenvalue weighted by Crippen LogP contribution is -2.40. The van der Waals surface area contributed by atoms with Crippen molar-refractivity contribution in [3.8, 4) is 11.1 Å². The first-order valence-corrected chi connectivity index (χ1v) is 10.4. The largest absolute Gasteiger partial charge is 0.294 e. The molecule has 3 aromatic rings. The quantitative estimate of drug-likeness (QED) is 0.601. The highest BCUT2D eigenvalue weighted by Gasteiger charge is 2.30. The van der Waals surface area contributed by atoms with Crippen molar-refractivity contribution in [2.45, 2.75) is 26.2 Å². The fourth-order valence-corrected chi connectivity index (χ4v) is 4.90. The number of rotatable bonds is 3. The van der Waals surface area contributed by atoms with Gasteiger partial charge in [0, 0.05) is 11.5 Å². The molecule has 0 bridgehead atoms. The molecule has 2 aliphatic carbocycles. The van der Waals surface area contributed by atoms with Gasteiger partial charge in [0.1, 0.15) is 5.82 Å². The third kappa shape index (κ3) is 3.04. The van der Waals surface area contributed by atoms with Crippen LogP contribution in [0.3, 0.4) is 0 Å². The molecule has 3 aromatic carbocycles. The van der Waals surface area contributed by atoms with E-state index in [1.54, 1.807) is 12.1 Å². The first kappa shape index (κ1) is 18.1. The van der Waals surface area contributed by atoms with Crippen molar-refractivity contribution >= 4 is 17.9 Å². The van der Waals surface area contributed by atoms with E-state index in [2.05, 4.69) is 55.5 Å². The molecule has 29 heavy (non-hydrogen) atoms. The van der Waals surface area contributed by atoms with Gasteiger partial charge in [-0.3, -0.25) is 4.79 Å². The Labute approximate surface area is 170 Å². The van der Waals surface area contributed by atoms with Crippen LogP contribution in [0.5, 0.6) is 0 Å². The Morgan fingerprint density at radius 2 is 1.72 bits per heavy atom. The Kier molecular flexibility index (Phi) is 4.43. The molecule has 144 valence electrons. The van der Waals surface area contributed by atoms with Gasteiger partial charge in [-0.25, -0.2) is 4.39 Å². The molecule has 0 aliphatic heterocycles. The van der Waals surface area contributed by atoms with Crippen LogP contribution in [0.15, 0.2) is 60.7 Å². The van der Waals surface area contributed by atoms with E-state index in [1.165, 1.54) is 44.8 Å². The van der Waals surface area contributed by atoms with Gasteiger partial charge in [-0.15, -0.1) is 0 Å². The zero-order valence-corrected chi connectivity index (χ0v) is 16.5. The lowest BCUT2D eigenvalue weighted by atomic mass is 9.75. The van der Waals surface area contributed by atoms with Crippen LogP contribution in [0.2, 0.25) is 0 Å². The van der Waals surface area contributed by atoms with Crippen LogP contribution in [0.4, 0.5) is 4.39 Å². The SMILES string of the molecule is CCC1Cc2ccc3c(c2=CC1C(=O)c1ccc(F)cc1)=CCc1ccccc1-3. The summed E-state index contributed by atoms with van der Waals surface area (Å²) >= 11 is 0. The third-order valence-electron chi connectivity index (χ3n) is 6.50. The summed E-state index contributed by atoms with van der Waals surface area (Å²) in [5.41, 5.74) is 5.81. The number of halogens is 1. The summed E-state index contributed by atoms with van der Waals surface area (Å²) in [4.78, 5) is 13.3. The molecule has 0 radical (unpaired) electrons. The van der Waals surface area contributed by atoms with Crippen molar-refractivity contribution in [2.75, 3.05) is 0 Å². The molecule has 2 atom stereocenters. The van der Waals surface area contributed by atoms with Gasteiger partial charge in [0.15, 0.2) is 5.78 Å². The molecule has 0 heterocycles. The number of carbonyl (C=O) groups is 1.